The molecule has 0 radical (unpaired) electrons. The highest BCUT2D eigenvalue weighted by molar-refractivity contribution is 6.05. The van der Waals surface area contributed by atoms with E-state index in [1.165, 1.54) is 4.57 Å². The first-order valence-corrected chi connectivity index (χ1v) is 12.3. The van der Waals surface area contributed by atoms with Crippen LogP contribution in [-0.4, -0.2) is 43.2 Å². The number of hydrogen-bond donors (Lipinski definition) is 3. The van der Waals surface area contributed by atoms with Crippen LogP contribution in [0.1, 0.15) is 22.5 Å². The van der Waals surface area contributed by atoms with Crippen molar-refractivity contribution in [2.45, 2.75) is 13.0 Å². The molecule has 1 amide bonds. The third-order valence-electron chi connectivity index (χ3n) is 6.23. The molecular weight excluding hydrogens is 496 g/mol. The Morgan fingerprint density at radius 3 is 2.28 bits per heavy atom. The molecule has 3 N–H and O–H groups in total. The summed E-state index contributed by atoms with van der Waals surface area (Å²) in [5, 5.41) is 23.1. The van der Waals surface area contributed by atoms with Crippen molar-refractivity contribution in [3.8, 4) is 28.3 Å². The number of fused-ring (bicyclic) bond motifs is 1. The zero-order chi connectivity index (χ0) is 27.4. The van der Waals surface area contributed by atoms with E-state index >= 15 is 0 Å². The number of pyridine rings is 3. The number of carbonyl (C=O) groups excluding carboxylic acids is 1. The largest absolute Gasteiger partial charge is 0.505 e. The molecule has 9 nitrogen and oxygen atoms in total. The van der Waals surface area contributed by atoms with E-state index in [4.69, 9.17) is 5.11 Å². The number of hydrogen-bond acceptors (Lipinski definition) is 6. The van der Waals surface area contributed by atoms with Crippen LogP contribution in [0.15, 0.2) is 95.9 Å². The molecule has 5 aromatic rings. The van der Waals surface area contributed by atoms with Crippen molar-refractivity contribution >= 4 is 22.8 Å². The maximum absolute atomic E-state index is 14.0. The summed E-state index contributed by atoms with van der Waals surface area (Å²) < 4.78 is 1.54. The zero-order valence-electron chi connectivity index (χ0n) is 20.7. The first kappa shape index (κ1) is 25.3. The third kappa shape index (κ3) is 5.24. The summed E-state index contributed by atoms with van der Waals surface area (Å²) in [6.07, 6.45) is 1.28. The lowest BCUT2D eigenvalue weighted by Crippen LogP contribution is -2.28. The summed E-state index contributed by atoms with van der Waals surface area (Å²) in [4.78, 5) is 46.9. The highest BCUT2D eigenvalue weighted by Gasteiger charge is 2.25. The summed E-state index contributed by atoms with van der Waals surface area (Å²) in [7, 11) is 0. The summed E-state index contributed by atoms with van der Waals surface area (Å²) in [5.41, 5.74) is 2.20. The predicted octanol–water partition coefficient (Wildman–Crippen LogP) is 4.08. The van der Waals surface area contributed by atoms with Gasteiger partial charge in [0.15, 0.2) is 11.4 Å². The molecule has 0 aliphatic heterocycles. The number of carboxylic acid groups (broad SMARTS) is 1. The van der Waals surface area contributed by atoms with E-state index in [2.05, 4.69) is 15.3 Å². The average Bonchev–Trinajstić information content (AvgIpc) is 2.96. The average molecular weight is 521 g/mol. The predicted molar refractivity (Wildman–Crippen MR) is 146 cm³/mol. The topological polar surface area (TPSA) is 134 Å². The molecule has 0 aliphatic rings. The molecule has 0 saturated heterocycles. The molecule has 0 bridgehead atoms. The van der Waals surface area contributed by atoms with Gasteiger partial charge in [0, 0.05) is 23.7 Å². The molecule has 194 valence electrons. The normalized spacial score (nSPS) is 10.9. The first-order chi connectivity index (χ1) is 18.9. The lowest BCUT2D eigenvalue weighted by molar-refractivity contribution is -0.136. The van der Waals surface area contributed by atoms with Gasteiger partial charge in [-0.1, -0.05) is 66.7 Å². The fraction of sp³-hybridized carbons (Fsp3) is 0.100. The van der Waals surface area contributed by atoms with Crippen LogP contribution in [0.5, 0.6) is 5.75 Å². The summed E-state index contributed by atoms with van der Waals surface area (Å²) in [6, 6.07) is 25.2. The Morgan fingerprint density at radius 2 is 1.62 bits per heavy atom. The van der Waals surface area contributed by atoms with Gasteiger partial charge >= 0.3 is 5.97 Å². The fourth-order valence-electron chi connectivity index (χ4n) is 4.40. The third-order valence-corrected chi connectivity index (χ3v) is 6.23. The molecule has 0 atom stereocenters. The van der Waals surface area contributed by atoms with Crippen molar-refractivity contribution in [2.24, 2.45) is 0 Å². The summed E-state index contributed by atoms with van der Waals surface area (Å²) in [6.45, 7) is 0.0387. The summed E-state index contributed by atoms with van der Waals surface area (Å²) in [5.74, 6) is -2.23. The van der Waals surface area contributed by atoms with Crippen molar-refractivity contribution in [3.63, 3.8) is 0 Å². The van der Waals surface area contributed by atoms with E-state index in [1.54, 1.807) is 42.6 Å². The molecule has 0 unspecified atom stereocenters. The van der Waals surface area contributed by atoms with E-state index in [0.717, 1.165) is 5.56 Å². The molecular formula is C30H24N4O5. The quantitative estimate of drug-likeness (QED) is 0.281. The molecule has 0 spiro atoms. The van der Waals surface area contributed by atoms with Crippen molar-refractivity contribution in [2.75, 3.05) is 6.54 Å². The van der Waals surface area contributed by atoms with Gasteiger partial charge in [-0.25, -0.2) is 4.98 Å². The van der Waals surface area contributed by atoms with Gasteiger partial charge in [-0.3, -0.25) is 19.4 Å². The molecule has 39 heavy (non-hydrogen) atoms. The molecule has 0 aliphatic carbocycles. The molecule has 2 aromatic carbocycles. The minimum atomic E-state index is -1.07. The number of amides is 1. The van der Waals surface area contributed by atoms with Crippen LogP contribution < -0.4 is 10.9 Å². The second-order valence-corrected chi connectivity index (χ2v) is 8.84. The van der Waals surface area contributed by atoms with E-state index < -0.39 is 17.6 Å². The molecule has 9 heteroatoms. The van der Waals surface area contributed by atoms with Crippen LogP contribution in [0.3, 0.4) is 0 Å². The molecule has 0 fully saturated rings. The second kappa shape index (κ2) is 11.0. The SMILES string of the molecule is O=C(O)CCNC(=O)c1nc(-c2ccccn2)c2c(cc(-c3ccccc3)c(=O)n2Cc2ccccc2)c1O. The number of aromatic hydroxyl groups is 1. The van der Waals surface area contributed by atoms with Crippen LogP contribution in [0.25, 0.3) is 33.4 Å². The molecule has 0 saturated carbocycles. The highest BCUT2D eigenvalue weighted by atomic mass is 16.4. The van der Waals surface area contributed by atoms with Crippen molar-refractivity contribution in [3.05, 3.63) is 113 Å². The van der Waals surface area contributed by atoms with Crippen molar-refractivity contribution in [1.82, 2.24) is 19.9 Å². The van der Waals surface area contributed by atoms with Gasteiger partial charge in [0.25, 0.3) is 11.5 Å². The van der Waals surface area contributed by atoms with Gasteiger partial charge in [0.2, 0.25) is 0 Å². The number of aliphatic carboxylic acids is 1. The van der Waals surface area contributed by atoms with Gasteiger partial charge in [-0.2, -0.15) is 0 Å². The Labute approximate surface area is 223 Å². The van der Waals surface area contributed by atoms with E-state index in [-0.39, 0.29) is 41.8 Å². The Kier molecular flexibility index (Phi) is 7.13. The number of nitrogens with zero attached hydrogens (tertiary/aromatic N) is 3. The first-order valence-electron chi connectivity index (χ1n) is 12.3. The second-order valence-electron chi connectivity index (χ2n) is 8.84. The van der Waals surface area contributed by atoms with Crippen molar-refractivity contribution < 1.29 is 19.8 Å². The number of rotatable bonds is 8. The Morgan fingerprint density at radius 1 is 0.923 bits per heavy atom. The van der Waals surface area contributed by atoms with Crippen molar-refractivity contribution in [1.29, 1.82) is 0 Å². The van der Waals surface area contributed by atoms with Crippen LogP contribution in [0.4, 0.5) is 0 Å². The Balaban J connectivity index is 1.83. The molecule has 3 aromatic heterocycles. The molecule has 5 rings (SSSR count). The van der Waals surface area contributed by atoms with Gasteiger partial charge < -0.3 is 20.1 Å². The van der Waals surface area contributed by atoms with Gasteiger partial charge in [-0.15, -0.1) is 0 Å². The Bertz CT molecular complexity index is 1720. The number of carbonyl (C=O) groups is 2. The smallest absolute Gasteiger partial charge is 0.305 e. The highest BCUT2D eigenvalue weighted by Crippen LogP contribution is 2.35. The van der Waals surface area contributed by atoms with E-state index in [9.17, 15) is 19.5 Å². The molecule has 3 heterocycles. The lowest BCUT2D eigenvalue weighted by Gasteiger charge is -2.18. The number of aromatic nitrogens is 3. The van der Waals surface area contributed by atoms with Crippen LogP contribution in [-0.2, 0) is 11.3 Å². The fourth-order valence-corrected chi connectivity index (χ4v) is 4.40. The maximum Gasteiger partial charge on any atom is 0.305 e. The van der Waals surface area contributed by atoms with E-state index in [1.807, 2.05) is 48.5 Å². The number of nitrogens with one attached hydrogen (secondary N) is 1. The maximum atomic E-state index is 14.0. The van der Waals surface area contributed by atoms with Crippen LogP contribution in [0, 0.1) is 0 Å². The Hall–Kier alpha value is -5.31. The van der Waals surface area contributed by atoms with Gasteiger partial charge in [-0.05, 0) is 29.3 Å². The monoisotopic (exact) mass is 520 g/mol. The number of carboxylic acids is 1. The van der Waals surface area contributed by atoms with Gasteiger partial charge in [0.1, 0.15) is 5.69 Å². The number of benzene rings is 2. The van der Waals surface area contributed by atoms with E-state index in [0.29, 0.717) is 22.3 Å². The standard InChI is InChI=1S/C30H24N4O5/c35-24(36)14-16-32-29(38)26-28(37)22-17-21(20-11-5-2-6-12-20)30(39)34(18-19-9-3-1-4-10-19)27(22)25(33-26)23-13-7-8-15-31-23/h1-13,15,17,37H,14,16,18H2,(H,32,38)(H,35,36). The zero-order valence-corrected chi connectivity index (χ0v) is 20.7. The minimum absolute atomic E-state index is 0.144. The lowest BCUT2D eigenvalue weighted by atomic mass is 10.0. The summed E-state index contributed by atoms with van der Waals surface area (Å²) >= 11 is 0. The van der Waals surface area contributed by atoms with Gasteiger partial charge in [0.05, 0.1) is 24.2 Å². The van der Waals surface area contributed by atoms with Crippen LogP contribution >= 0.6 is 0 Å². The minimum Gasteiger partial charge on any atom is -0.505 e. The van der Waals surface area contributed by atoms with Crippen LogP contribution in [0.2, 0.25) is 0 Å².